The van der Waals surface area contributed by atoms with Crippen LogP contribution in [0.15, 0.2) is 0 Å². The molecule has 0 saturated carbocycles. The first kappa shape index (κ1) is 23.0. The summed E-state index contributed by atoms with van der Waals surface area (Å²) in [6.45, 7) is 3.69. The number of carbonyl (C=O) groups is 2. The van der Waals surface area contributed by atoms with E-state index in [1.54, 1.807) is 0 Å². The molecule has 0 aromatic carbocycles. The van der Waals surface area contributed by atoms with Crippen molar-refractivity contribution >= 4 is 33.2 Å². The zero-order valence-electron chi connectivity index (χ0n) is 17.2. The van der Waals surface area contributed by atoms with E-state index in [-0.39, 0.29) is 12.6 Å². The zero-order chi connectivity index (χ0) is 22.0. The summed E-state index contributed by atoms with van der Waals surface area (Å²) >= 11 is 0. The van der Waals surface area contributed by atoms with Crippen LogP contribution in [0.25, 0.3) is 0 Å². The van der Waals surface area contributed by atoms with E-state index in [0.717, 1.165) is 26.1 Å². The van der Waals surface area contributed by atoms with Gasteiger partial charge in [-0.1, -0.05) is 0 Å². The van der Waals surface area contributed by atoms with E-state index in [1.165, 1.54) is 22.2 Å². The first-order chi connectivity index (χ1) is 14.8. The Morgan fingerprint density at radius 2 is 2.06 bits per heavy atom. The van der Waals surface area contributed by atoms with Crippen LogP contribution < -0.4 is 16.1 Å². The Kier molecular flexibility index (Phi) is 7.25. The van der Waals surface area contributed by atoms with Gasteiger partial charge in [0.25, 0.3) is 5.91 Å². The minimum Gasteiger partial charge on any atom is -0.311 e. The normalized spacial score (nSPS) is 32.0. The highest BCUT2D eigenvalue weighted by atomic mass is 32.3. The van der Waals surface area contributed by atoms with Crippen molar-refractivity contribution in [2.24, 2.45) is 5.92 Å². The molecule has 4 rings (SSSR count). The first-order valence-corrected chi connectivity index (χ1v) is 13.7. The van der Waals surface area contributed by atoms with Gasteiger partial charge < -0.3 is 15.5 Å². The molecule has 4 saturated heterocycles. The Labute approximate surface area is 184 Å². The van der Waals surface area contributed by atoms with Crippen molar-refractivity contribution in [3.63, 3.8) is 0 Å². The highest BCUT2D eigenvalue weighted by Gasteiger charge is 2.49. The quantitative estimate of drug-likeness (QED) is 0.180. The third-order valence-electron chi connectivity index (χ3n) is 6.18. The molecule has 0 unspecified atom stereocenters. The maximum atomic E-state index is 12.5. The number of amides is 3. The molecule has 4 aliphatic rings. The van der Waals surface area contributed by atoms with Crippen LogP contribution in [-0.2, 0) is 35.2 Å². The summed E-state index contributed by atoms with van der Waals surface area (Å²) < 4.78 is 35.1. The maximum Gasteiger partial charge on any atom is 0.418 e. The van der Waals surface area contributed by atoms with Gasteiger partial charge in [-0.25, -0.2) is 10.3 Å². The second-order valence-electron chi connectivity index (χ2n) is 8.43. The van der Waals surface area contributed by atoms with Crippen LogP contribution in [0.1, 0.15) is 19.3 Å². The van der Waals surface area contributed by atoms with Gasteiger partial charge in [0.15, 0.2) is 0 Å². The maximum absolute atomic E-state index is 12.5. The third-order valence-corrected chi connectivity index (χ3v) is 9.03. The molecule has 0 spiro atoms. The lowest BCUT2D eigenvalue weighted by molar-refractivity contribution is -0.139. The fourth-order valence-electron chi connectivity index (χ4n) is 4.70. The predicted molar refractivity (Wildman–Crippen MR) is 112 cm³/mol. The molecule has 31 heavy (non-hydrogen) atoms. The molecule has 176 valence electrons. The van der Waals surface area contributed by atoms with Crippen LogP contribution in [0.5, 0.6) is 0 Å². The van der Waals surface area contributed by atoms with Crippen molar-refractivity contribution in [3.05, 3.63) is 0 Å². The Bertz CT molecular complexity index is 779. The molecule has 0 aliphatic carbocycles. The van der Waals surface area contributed by atoms with Crippen molar-refractivity contribution in [2.75, 3.05) is 50.0 Å². The predicted octanol–water partition coefficient (Wildman–Crippen LogP) is -1.76. The third kappa shape index (κ3) is 5.80. The lowest BCUT2D eigenvalue weighted by Crippen LogP contribution is -2.50. The van der Waals surface area contributed by atoms with E-state index < -0.39 is 34.4 Å². The van der Waals surface area contributed by atoms with Crippen LogP contribution in [0.4, 0.5) is 4.79 Å². The van der Waals surface area contributed by atoms with Gasteiger partial charge in [0.05, 0.1) is 12.6 Å². The molecule has 14 heteroatoms. The molecule has 2 bridgehead atoms. The molecule has 3 amide bonds. The van der Waals surface area contributed by atoms with Crippen LogP contribution >= 0.6 is 0 Å². The van der Waals surface area contributed by atoms with Crippen LogP contribution in [0.2, 0.25) is 0 Å². The lowest BCUT2D eigenvalue weighted by atomic mass is 10.0. The summed E-state index contributed by atoms with van der Waals surface area (Å²) in [4.78, 5) is 31.6. The zero-order valence-corrected chi connectivity index (χ0v) is 18.8. The van der Waals surface area contributed by atoms with Gasteiger partial charge >= 0.3 is 16.4 Å². The second kappa shape index (κ2) is 9.77. The summed E-state index contributed by atoms with van der Waals surface area (Å²) in [6.07, 6.45) is 1.74. The molecule has 4 fully saturated rings. The number of carbonyl (C=O) groups excluding carboxylic acids is 2. The SMILES string of the molecule is O=C(NOC[C@@H]1C[C@@H](C[S+]2CCNCC2)CN1)[C@@H]1CC[C@@H]2CN1C(=O)N2OS(=O)(=O)O. The van der Waals surface area contributed by atoms with E-state index in [0.29, 0.717) is 41.3 Å². The van der Waals surface area contributed by atoms with E-state index in [9.17, 15) is 18.0 Å². The highest BCUT2D eigenvalue weighted by Crippen LogP contribution is 2.30. The second-order valence-corrected chi connectivity index (χ2v) is 11.8. The molecule has 4 heterocycles. The van der Waals surface area contributed by atoms with Gasteiger partial charge in [-0.3, -0.25) is 14.2 Å². The van der Waals surface area contributed by atoms with Crippen molar-refractivity contribution in [1.29, 1.82) is 0 Å². The number of hydrogen-bond donors (Lipinski definition) is 4. The Morgan fingerprint density at radius 3 is 2.81 bits per heavy atom. The van der Waals surface area contributed by atoms with Crippen molar-refractivity contribution < 1.29 is 31.7 Å². The summed E-state index contributed by atoms with van der Waals surface area (Å²) in [5.41, 5.74) is 2.44. The number of urea groups is 1. The molecule has 4 atom stereocenters. The van der Waals surface area contributed by atoms with Crippen LogP contribution in [-0.4, -0.2) is 103 Å². The molecule has 0 aromatic rings. The number of piperidine rings is 1. The molecule has 0 radical (unpaired) electrons. The largest absolute Gasteiger partial charge is 0.418 e. The number of hydroxylamine groups is 3. The number of nitrogens with zero attached hydrogens (tertiary/aromatic N) is 2. The first-order valence-electron chi connectivity index (χ1n) is 10.6. The van der Waals surface area contributed by atoms with Crippen LogP contribution in [0, 0.1) is 5.92 Å². The van der Waals surface area contributed by atoms with Crippen LogP contribution in [0.3, 0.4) is 0 Å². The topological polar surface area (TPSA) is 150 Å². The minimum atomic E-state index is -4.81. The molecule has 4 aliphatic heterocycles. The smallest absolute Gasteiger partial charge is 0.311 e. The van der Waals surface area contributed by atoms with Gasteiger partial charge in [0.2, 0.25) is 0 Å². The number of hydrogen-bond acceptors (Lipinski definition) is 8. The summed E-state index contributed by atoms with van der Waals surface area (Å²) in [5.74, 6) is 3.96. The molecular weight excluding hydrogens is 450 g/mol. The van der Waals surface area contributed by atoms with Gasteiger partial charge in [-0.05, 0) is 30.2 Å². The van der Waals surface area contributed by atoms with Crippen molar-refractivity contribution in [3.8, 4) is 0 Å². The molecule has 12 nitrogen and oxygen atoms in total. The van der Waals surface area contributed by atoms with E-state index in [4.69, 9.17) is 9.39 Å². The van der Waals surface area contributed by atoms with Gasteiger partial charge in [-0.2, -0.15) is 13.5 Å². The Hall–Kier alpha value is -1.16. The monoisotopic (exact) mass is 480 g/mol. The van der Waals surface area contributed by atoms with Gasteiger partial charge in [-0.15, -0.1) is 4.28 Å². The van der Waals surface area contributed by atoms with Crippen molar-refractivity contribution in [2.45, 2.75) is 37.4 Å². The average molecular weight is 481 g/mol. The minimum absolute atomic E-state index is 0.149. The van der Waals surface area contributed by atoms with Gasteiger partial charge in [0, 0.05) is 38.1 Å². The highest BCUT2D eigenvalue weighted by molar-refractivity contribution is 7.96. The van der Waals surface area contributed by atoms with E-state index >= 15 is 0 Å². The van der Waals surface area contributed by atoms with E-state index in [1.807, 2.05) is 0 Å². The Morgan fingerprint density at radius 1 is 1.29 bits per heavy atom. The number of fused-ring (bicyclic) bond motifs is 2. The number of nitrogens with one attached hydrogen (secondary N) is 3. The van der Waals surface area contributed by atoms with E-state index in [2.05, 4.69) is 20.4 Å². The number of rotatable bonds is 8. The molecule has 0 aromatic heterocycles. The lowest BCUT2D eigenvalue weighted by Gasteiger charge is -2.29. The van der Waals surface area contributed by atoms with Crippen molar-refractivity contribution in [1.82, 2.24) is 26.1 Å². The summed E-state index contributed by atoms with van der Waals surface area (Å²) in [6, 6.07) is -1.89. The van der Waals surface area contributed by atoms with Gasteiger partial charge in [0.1, 0.15) is 23.3 Å². The fraction of sp³-hybridized carbons (Fsp3) is 0.882. The standard InChI is InChI=1S/C17H29N5O7S2/c23-16(15-2-1-14-9-21(15)17(24)22(14)29-31(25,26)27)20-28-10-13-7-12(8-19-13)11-30-5-3-18-4-6-30/h12-15,18-19H,1-11H2,(H-,20,23,25,26,27)/p+1/t12-,13+,14-,15+/m1/s1. The summed E-state index contributed by atoms with van der Waals surface area (Å²) in [7, 11) is -4.31. The molecule has 4 N–H and O–H groups in total. The average Bonchev–Trinajstić information content (AvgIpc) is 3.26. The fourth-order valence-corrected chi connectivity index (χ4v) is 7.41. The molecular formula is C17H30N5O7S2+. The summed E-state index contributed by atoms with van der Waals surface area (Å²) in [5, 5.41) is 7.47. The Balaban J connectivity index is 1.19.